The first-order valence-corrected chi connectivity index (χ1v) is 6.48. The molecule has 1 fully saturated rings. The Morgan fingerprint density at radius 3 is 2.16 bits per heavy atom. The van der Waals surface area contributed by atoms with Gasteiger partial charge in [0.05, 0.1) is 5.56 Å². The molecule has 0 unspecified atom stereocenters. The molecule has 19 heavy (non-hydrogen) atoms. The van der Waals surface area contributed by atoms with Gasteiger partial charge >= 0.3 is 6.18 Å². The number of rotatable bonds is 3. The molecule has 0 saturated carbocycles. The topological polar surface area (TPSA) is 23.5 Å². The van der Waals surface area contributed by atoms with Gasteiger partial charge in [0.2, 0.25) is 0 Å². The molecule has 1 aromatic carbocycles. The van der Waals surface area contributed by atoms with Crippen molar-refractivity contribution in [3.8, 4) is 0 Å². The van der Waals surface area contributed by atoms with E-state index in [2.05, 4.69) is 4.90 Å². The van der Waals surface area contributed by atoms with Crippen LogP contribution in [0.4, 0.5) is 13.2 Å². The standard InChI is InChI=1S/C14H18F3NO/c15-14(16,17)13-3-1-11(2-4-13)9-18-7-5-12(10-19)6-8-18/h1-4,12,19H,5-10H2. The van der Waals surface area contributed by atoms with Crippen molar-refractivity contribution in [2.24, 2.45) is 5.92 Å². The smallest absolute Gasteiger partial charge is 0.396 e. The Hall–Kier alpha value is -1.07. The molecule has 1 saturated heterocycles. The zero-order valence-electron chi connectivity index (χ0n) is 10.7. The molecule has 1 N–H and O–H groups in total. The van der Waals surface area contributed by atoms with Crippen LogP contribution in [-0.4, -0.2) is 29.7 Å². The van der Waals surface area contributed by atoms with Gasteiger partial charge in [-0.15, -0.1) is 0 Å². The van der Waals surface area contributed by atoms with Crippen LogP contribution >= 0.6 is 0 Å². The number of halogens is 3. The predicted molar refractivity (Wildman–Crippen MR) is 66.5 cm³/mol. The summed E-state index contributed by atoms with van der Waals surface area (Å²) in [4.78, 5) is 2.22. The Labute approximate surface area is 110 Å². The Balaban J connectivity index is 1.90. The van der Waals surface area contributed by atoms with Gasteiger partial charge in [0, 0.05) is 13.2 Å². The molecule has 0 amide bonds. The lowest BCUT2D eigenvalue weighted by atomic mass is 9.97. The molecule has 0 aromatic heterocycles. The fraction of sp³-hybridized carbons (Fsp3) is 0.571. The van der Waals surface area contributed by atoms with Crippen molar-refractivity contribution in [3.05, 3.63) is 35.4 Å². The Morgan fingerprint density at radius 1 is 1.11 bits per heavy atom. The summed E-state index contributed by atoms with van der Waals surface area (Å²) < 4.78 is 37.3. The molecule has 106 valence electrons. The average molecular weight is 273 g/mol. The lowest BCUT2D eigenvalue weighted by Crippen LogP contribution is -2.34. The first kappa shape index (κ1) is 14.3. The van der Waals surface area contributed by atoms with Gasteiger partial charge in [0.25, 0.3) is 0 Å². The van der Waals surface area contributed by atoms with Gasteiger partial charge in [-0.1, -0.05) is 12.1 Å². The van der Waals surface area contributed by atoms with Crippen LogP contribution in [0.3, 0.4) is 0 Å². The van der Waals surface area contributed by atoms with Gasteiger partial charge in [-0.25, -0.2) is 0 Å². The highest BCUT2D eigenvalue weighted by Crippen LogP contribution is 2.29. The van der Waals surface area contributed by atoms with Crippen LogP contribution < -0.4 is 0 Å². The maximum atomic E-state index is 12.4. The van der Waals surface area contributed by atoms with Crippen molar-refractivity contribution >= 4 is 0 Å². The third kappa shape index (κ3) is 3.94. The highest BCUT2D eigenvalue weighted by Gasteiger charge is 2.30. The number of aliphatic hydroxyl groups is 1. The molecule has 0 radical (unpaired) electrons. The Morgan fingerprint density at radius 2 is 1.68 bits per heavy atom. The van der Waals surface area contributed by atoms with Crippen LogP contribution in [0.15, 0.2) is 24.3 Å². The summed E-state index contributed by atoms with van der Waals surface area (Å²) in [5.41, 5.74) is 0.297. The van der Waals surface area contributed by atoms with Gasteiger partial charge in [-0.3, -0.25) is 4.90 Å². The summed E-state index contributed by atoms with van der Waals surface area (Å²) >= 11 is 0. The second-order valence-electron chi connectivity index (χ2n) is 5.10. The molecule has 0 aliphatic carbocycles. The summed E-state index contributed by atoms with van der Waals surface area (Å²) in [6, 6.07) is 5.35. The minimum Gasteiger partial charge on any atom is -0.396 e. The average Bonchev–Trinajstić information content (AvgIpc) is 2.39. The van der Waals surface area contributed by atoms with E-state index in [1.54, 1.807) is 12.1 Å². The highest BCUT2D eigenvalue weighted by atomic mass is 19.4. The third-order valence-corrected chi connectivity index (χ3v) is 3.65. The molecular weight excluding hydrogens is 255 g/mol. The summed E-state index contributed by atoms with van der Waals surface area (Å²) in [5.74, 6) is 0.379. The van der Waals surface area contributed by atoms with Crippen LogP contribution in [0.25, 0.3) is 0 Å². The molecule has 0 bridgehead atoms. The number of aliphatic hydroxyl groups excluding tert-OH is 1. The molecule has 2 rings (SSSR count). The van der Waals surface area contributed by atoms with E-state index in [0.717, 1.165) is 43.6 Å². The Bertz CT molecular complexity index is 394. The highest BCUT2D eigenvalue weighted by molar-refractivity contribution is 5.24. The van der Waals surface area contributed by atoms with E-state index in [4.69, 9.17) is 5.11 Å². The minimum absolute atomic E-state index is 0.230. The number of alkyl halides is 3. The van der Waals surface area contributed by atoms with Crippen LogP contribution in [0.1, 0.15) is 24.0 Å². The van der Waals surface area contributed by atoms with Gasteiger partial charge in [-0.2, -0.15) is 13.2 Å². The lowest BCUT2D eigenvalue weighted by molar-refractivity contribution is -0.137. The molecule has 1 aliphatic rings. The summed E-state index contributed by atoms with van der Waals surface area (Å²) in [6.45, 7) is 2.70. The van der Waals surface area contributed by atoms with Crippen molar-refractivity contribution in [2.45, 2.75) is 25.6 Å². The minimum atomic E-state index is -4.27. The van der Waals surface area contributed by atoms with E-state index in [0.29, 0.717) is 12.5 Å². The van der Waals surface area contributed by atoms with E-state index in [1.165, 1.54) is 0 Å². The Kier molecular flexibility index (Phi) is 4.47. The monoisotopic (exact) mass is 273 g/mol. The van der Waals surface area contributed by atoms with Crippen molar-refractivity contribution in [1.29, 1.82) is 0 Å². The first-order valence-electron chi connectivity index (χ1n) is 6.48. The molecule has 5 heteroatoms. The summed E-state index contributed by atoms with van der Waals surface area (Å²) in [6.07, 6.45) is -2.35. The van der Waals surface area contributed by atoms with E-state index in [9.17, 15) is 13.2 Å². The first-order chi connectivity index (χ1) is 8.99. The maximum absolute atomic E-state index is 12.4. The molecule has 0 atom stereocenters. The molecular formula is C14H18F3NO. The quantitative estimate of drug-likeness (QED) is 0.915. The number of piperidine rings is 1. The summed E-state index contributed by atoms with van der Waals surface area (Å²) in [5, 5.41) is 9.05. The van der Waals surface area contributed by atoms with Gasteiger partial charge in [-0.05, 0) is 49.5 Å². The number of hydrogen-bond donors (Lipinski definition) is 1. The van der Waals surface area contributed by atoms with Gasteiger partial charge in [0.15, 0.2) is 0 Å². The van der Waals surface area contributed by atoms with E-state index in [1.807, 2.05) is 0 Å². The number of benzene rings is 1. The predicted octanol–water partition coefficient (Wildman–Crippen LogP) is 2.91. The van der Waals surface area contributed by atoms with Crippen molar-refractivity contribution in [2.75, 3.05) is 19.7 Å². The largest absolute Gasteiger partial charge is 0.416 e. The lowest BCUT2D eigenvalue weighted by Gasteiger charge is -2.31. The zero-order valence-corrected chi connectivity index (χ0v) is 10.7. The van der Waals surface area contributed by atoms with Crippen molar-refractivity contribution < 1.29 is 18.3 Å². The molecule has 2 nitrogen and oxygen atoms in total. The van der Waals surface area contributed by atoms with E-state index in [-0.39, 0.29) is 6.61 Å². The number of hydrogen-bond acceptors (Lipinski definition) is 2. The zero-order chi connectivity index (χ0) is 13.9. The second kappa shape index (κ2) is 5.92. The molecule has 1 aliphatic heterocycles. The van der Waals surface area contributed by atoms with E-state index < -0.39 is 11.7 Å². The van der Waals surface area contributed by atoms with Crippen LogP contribution in [0.2, 0.25) is 0 Å². The normalized spacial score (nSPS) is 18.7. The fourth-order valence-corrected chi connectivity index (χ4v) is 2.38. The van der Waals surface area contributed by atoms with Gasteiger partial charge in [0.1, 0.15) is 0 Å². The summed E-state index contributed by atoms with van der Waals surface area (Å²) in [7, 11) is 0. The molecule has 1 heterocycles. The number of nitrogens with zero attached hydrogens (tertiary/aromatic N) is 1. The third-order valence-electron chi connectivity index (χ3n) is 3.65. The van der Waals surface area contributed by atoms with E-state index >= 15 is 0 Å². The SMILES string of the molecule is OCC1CCN(Cc2ccc(C(F)(F)F)cc2)CC1. The van der Waals surface area contributed by atoms with Crippen molar-refractivity contribution in [1.82, 2.24) is 4.90 Å². The molecule has 1 aromatic rings. The maximum Gasteiger partial charge on any atom is 0.416 e. The van der Waals surface area contributed by atoms with Gasteiger partial charge < -0.3 is 5.11 Å². The number of likely N-dealkylation sites (tertiary alicyclic amines) is 1. The van der Waals surface area contributed by atoms with Crippen molar-refractivity contribution in [3.63, 3.8) is 0 Å². The second-order valence-corrected chi connectivity index (χ2v) is 5.10. The molecule has 0 spiro atoms. The van der Waals surface area contributed by atoms with Crippen LogP contribution in [0, 0.1) is 5.92 Å². The fourth-order valence-electron chi connectivity index (χ4n) is 2.38. The van der Waals surface area contributed by atoms with Crippen LogP contribution in [0.5, 0.6) is 0 Å². The van der Waals surface area contributed by atoms with Crippen LogP contribution in [-0.2, 0) is 12.7 Å².